The summed E-state index contributed by atoms with van der Waals surface area (Å²) in [6, 6.07) is 8.28. The summed E-state index contributed by atoms with van der Waals surface area (Å²) in [5.74, 6) is 1.40. The number of rotatable bonds is 8. The molecule has 3 unspecified atom stereocenters. The molecule has 0 radical (unpaired) electrons. The molecule has 0 aliphatic carbocycles. The van der Waals surface area contributed by atoms with Crippen LogP contribution < -0.4 is 4.74 Å². The molecule has 0 bridgehead atoms. The maximum absolute atomic E-state index is 11.2. The molecule has 3 atom stereocenters. The Balaban J connectivity index is 0.000000541. The molecule has 0 aliphatic heterocycles. The lowest BCUT2D eigenvalue weighted by atomic mass is 9.99. The van der Waals surface area contributed by atoms with Gasteiger partial charge in [0.15, 0.2) is 6.29 Å². The number of carbonyl (C=O) groups is 1. The van der Waals surface area contributed by atoms with E-state index in [-0.39, 0.29) is 23.8 Å². The fourth-order valence-corrected chi connectivity index (χ4v) is 2.14. The third-order valence-corrected chi connectivity index (χ3v) is 4.19. The van der Waals surface area contributed by atoms with Crippen molar-refractivity contribution in [2.24, 2.45) is 5.92 Å². The van der Waals surface area contributed by atoms with Crippen LogP contribution in [0.4, 0.5) is 0 Å². The molecule has 0 saturated carbocycles. The van der Waals surface area contributed by atoms with Crippen LogP contribution in [0.25, 0.3) is 0 Å². The molecule has 0 N–H and O–H groups in total. The maximum Gasteiger partial charge on any atom is 0.309 e. The summed E-state index contributed by atoms with van der Waals surface area (Å²) in [5.41, 5.74) is 1.01. The average Bonchev–Trinajstić information content (AvgIpc) is 2.60. The van der Waals surface area contributed by atoms with E-state index >= 15 is 0 Å². The Morgan fingerprint density at radius 3 is 1.93 bits per heavy atom. The monoisotopic (exact) mass is 380 g/mol. The minimum Gasteiger partial charge on any atom is -0.465 e. The van der Waals surface area contributed by atoms with Crippen LogP contribution in [0, 0.1) is 5.92 Å². The van der Waals surface area contributed by atoms with Crippen LogP contribution in [0.15, 0.2) is 24.3 Å². The van der Waals surface area contributed by atoms with Gasteiger partial charge in [0.25, 0.3) is 0 Å². The molecule has 4 heteroatoms. The van der Waals surface area contributed by atoms with E-state index in [0.29, 0.717) is 12.5 Å². The van der Waals surface area contributed by atoms with Gasteiger partial charge in [0, 0.05) is 6.61 Å². The highest BCUT2D eigenvalue weighted by molar-refractivity contribution is 5.72. The first-order chi connectivity index (χ1) is 12.5. The summed E-state index contributed by atoms with van der Waals surface area (Å²) in [7, 11) is 0. The van der Waals surface area contributed by atoms with Crippen LogP contribution >= 0.6 is 0 Å². The van der Waals surface area contributed by atoms with Crippen LogP contribution in [0.5, 0.6) is 5.75 Å². The largest absolute Gasteiger partial charge is 0.465 e. The van der Waals surface area contributed by atoms with Crippen molar-refractivity contribution >= 4 is 5.97 Å². The Labute approximate surface area is 166 Å². The lowest BCUT2D eigenvalue weighted by Gasteiger charge is -2.21. The summed E-state index contributed by atoms with van der Waals surface area (Å²) in [6.45, 7) is 18.5. The first kappa shape index (κ1) is 25.4. The molecule has 0 heterocycles. The van der Waals surface area contributed by atoms with Crippen molar-refractivity contribution in [3.05, 3.63) is 29.8 Å². The van der Waals surface area contributed by atoms with Gasteiger partial charge in [0.1, 0.15) is 11.4 Å². The van der Waals surface area contributed by atoms with Gasteiger partial charge in [-0.3, -0.25) is 4.79 Å². The second kappa shape index (κ2) is 12.8. The molecule has 0 spiro atoms. The highest BCUT2D eigenvalue weighted by Gasteiger charge is 2.19. The Morgan fingerprint density at radius 1 is 0.963 bits per heavy atom. The summed E-state index contributed by atoms with van der Waals surface area (Å²) < 4.78 is 16.1. The zero-order valence-corrected chi connectivity index (χ0v) is 18.8. The second-order valence-electron chi connectivity index (χ2n) is 7.86. The zero-order valence-electron chi connectivity index (χ0n) is 18.8. The Hall–Kier alpha value is -1.55. The number of hydrogen-bond donors (Lipinski definition) is 0. The van der Waals surface area contributed by atoms with Gasteiger partial charge in [-0.2, -0.15) is 0 Å². The number of esters is 1. The summed E-state index contributed by atoms with van der Waals surface area (Å²) in [4.78, 5) is 11.2. The molecule has 0 aliphatic rings. The molecule has 27 heavy (non-hydrogen) atoms. The minimum absolute atomic E-state index is 0.0224. The Kier molecular flexibility index (Phi) is 12.0. The first-order valence-corrected chi connectivity index (χ1v) is 10.1. The van der Waals surface area contributed by atoms with E-state index in [1.54, 1.807) is 0 Å². The van der Waals surface area contributed by atoms with E-state index in [2.05, 4.69) is 26.0 Å². The topological polar surface area (TPSA) is 44.8 Å². The van der Waals surface area contributed by atoms with Crippen molar-refractivity contribution in [2.75, 3.05) is 6.61 Å². The van der Waals surface area contributed by atoms with Gasteiger partial charge in [-0.1, -0.05) is 39.8 Å². The van der Waals surface area contributed by atoms with Crippen molar-refractivity contribution in [3.8, 4) is 5.75 Å². The van der Waals surface area contributed by atoms with Crippen LogP contribution in [-0.4, -0.2) is 24.5 Å². The summed E-state index contributed by atoms with van der Waals surface area (Å²) >= 11 is 0. The first-order valence-electron chi connectivity index (χ1n) is 10.1. The maximum atomic E-state index is 11.2. The van der Waals surface area contributed by atoms with E-state index in [9.17, 15) is 4.79 Å². The smallest absolute Gasteiger partial charge is 0.309 e. The zero-order chi connectivity index (χ0) is 21.0. The van der Waals surface area contributed by atoms with E-state index in [0.717, 1.165) is 18.6 Å². The fourth-order valence-electron chi connectivity index (χ4n) is 2.14. The lowest BCUT2D eigenvalue weighted by Crippen LogP contribution is -2.27. The predicted molar refractivity (Wildman–Crippen MR) is 112 cm³/mol. The molecule has 0 amide bonds. The van der Waals surface area contributed by atoms with Gasteiger partial charge in [0.2, 0.25) is 0 Å². The van der Waals surface area contributed by atoms with Crippen LogP contribution in [0.3, 0.4) is 0 Å². The molecule has 1 aromatic rings. The van der Waals surface area contributed by atoms with Crippen LogP contribution in [-0.2, 0) is 14.3 Å². The lowest BCUT2D eigenvalue weighted by molar-refractivity contribution is -0.159. The number of ether oxygens (including phenoxy) is 3. The van der Waals surface area contributed by atoms with Crippen molar-refractivity contribution in [1.29, 1.82) is 0 Å². The van der Waals surface area contributed by atoms with Gasteiger partial charge in [-0.05, 0) is 71.1 Å². The summed E-state index contributed by atoms with van der Waals surface area (Å²) in [6.07, 6.45) is 1.82. The molecule has 1 aromatic carbocycles. The standard InChI is InChI=1S/C14H22O2.C9H18O2/c1-5-11(3)13-7-9-14(10-8-13)16-12(4)15-6-2;1-6-7(2)8(10)11-9(3,4)5/h7-12H,5-6H2,1-4H3;7H,6H2,1-5H3. The highest BCUT2D eigenvalue weighted by atomic mass is 16.7. The SMILES string of the molecule is CCC(C)C(=O)OC(C)(C)C.CCOC(C)Oc1ccc(C(C)CC)cc1. The van der Waals surface area contributed by atoms with Crippen molar-refractivity contribution in [2.45, 2.75) is 93.0 Å². The van der Waals surface area contributed by atoms with Gasteiger partial charge in [-0.15, -0.1) is 0 Å². The average molecular weight is 381 g/mol. The Morgan fingerprint density at radius 2 is 1.52 bits per heavy atom. The van der Waals surface area contributed by atoms with Crippen LogP contribution in [0.1, 0.15) is 86.6 Å². The van der Waals surface area contributed by atoms with Crippen molar-refractivity contribution < 1.29 is 19.0 Å². The van der Waals surface area contributed by atoms with Gasteiger partial charge in [-0.25, -0.2) is 0 Å². The van der Waals surface area contributed by atoms with Crippen molar-refractivity contribution in [1.82, 2.24) is 0 Å². The molecule has 156 valence electrons. The molecule has 0 saturated heterocycles. The highest BCUT2D eigenvalue weighted by Crippen LogP contribution is 2.22. The normalized spacial score (nSPS) is 14.4. The molecule has 0 fully saturated rings. The minimum atomic E-state index is -0.347. The summed E-state index contributed by atoms with van der Waals surface area (Å²) in [5, 5.41) is 0. The van der Waals surface area contributed by atoms with Crippen LogP contribution in [0.2, 0.25) is 0 Å². The number of carbonyl (C=O) groups excluding carboxylic acids is 1. The fraction of sp³-hybridized carbons (Fsp3) is 0.696. The number of benzene rings is 1. The number of hydrogen-bond acceptors (Lipinski definition) is 4. The van der Waals surface area contributed by atoms with E-state index in [1.165, 1.54) is 5.56 Å². The Bertz CT molecular complexity index is 516. The van der Waals surface area contributed by atoms with E-state index in [4.69, 9.17) is 14.2 Å². The molecule has 0 aromatic heterocycles. The van der Waals surface area contributed by atoms with Gasteiger partial charge in [0.05, 0.1) is 5.92 Å². The van der Waals surface area contributed by atoms with E-state index < -0.39 is 0 Å². The van der Waals surface area contributed by atoms with Gasteiger partial charge < -0.3 is 14.2 Å². The van der Waals surface area contributed by atoms with Crippen molar-refractivity contribution in [3.63, 3.8) is 0 Å². The third-order valence-electron chi connectivity index (χ3n) is 4.19. The third kappa shape index (κ3) is 11.7. The van der Waals surface area contributed by atoms with E-state index in [1.807, 2.05) is 60.6 Å². The van der Waals surface area contributed by atoms with Gasteiger partial charge >= 0.3 is 5.97 Å². The molecule has 4 nitrogen and oxygen atoms in total. The predicted octanol–water partition coefficient (Wildman–Crippen LogP) is 6.34. The molecule has 1 rings (SSSR count). The second-order valence-corrected chi connectivity index (χ2v) is 7.86. The molecular formula is C23H40O4. The molecular weight excluding hydrogens is 340 g/mol. The quantitative estimate of drug-likeness (QED) is 0.390.